The molecular formula is C4H12NOS-. The van der Waals surface area contributed by atoms with Crippen molar-refractivity contribution in [2.45, 2.75) is 13.8 Å². The fourth-order valence-electron chi connectivity index (χ4n) is 0.136. The van der Waals surface area contributed by atoms with Crippen molar-refractivity contribution < 1.29 is 5.48 Å². The van der Waals surface area contributed by atoms with Gasteiger partial charge in [0.05, 0.1) is 0 Å². The highest BCUT2D eigenvalue weighted by Gasteiger charge is 1.34. The van der Waals surface area contributed by atoms with E-state index in [4.69, 9.17) is 5.14 Å². The van der Waals surface area contributed by atoms with E-state index in [9.17, 15) is 0 Å². The molecule has 0 spiro atoms. The van der Waals surface area contributed by atoms with Gasteiger partial charge in [-0.1, -0.05) is 13.8 Å². The van der Waals surface area contributed by atoms with Crippen LogP contribution in [-0.4, -0.2) is 16.2 Å². The first-order valence-corrected chi connectivity index (χ1v) is 3.28. The molecule has 0 amide bonds. The minimum Gasteiger partial charge on any atom is -0.428 e. The monoisotopic (exact) mass is 122 g/mol. The zero-order valence-corrected chi connectivity index (χ0v) is 5.46. The summed E-state index contributed by atoms with van der Waals surface area (Å²) in [6.45, 7) is 3.92. The third-order valence-electron chi connectivity index (χ3n) is 0.544. The topological polar surface area (TPSA) is 57.5 Å². The largest absolute Gasteiger partial charge is 0.428 e. The van der Waals surface area contributed by atoms with Crippen LogP contribution in [0.3, 0.4) is 0 Å². The van der Waals surface area contributed by atoms with Crippen molar-refractivity contribution in [1.29, 1.82) is 0 Å². The second kappa shape index (κ2) is 6.01. The highest BCUT2D eigenvalue weighted by Crippen LogP contribution is 1.45. The van der Waals surface area contributed by atoms with Crippen LogP contribution >= 0.6 is 0 Å². The van der Waals surface area contributed by atoms with Crippen LogP contribution in [0.5, 0.6) is 0 Å². The van der Waals surface area contributed by atoms with E-state index in [0.29, 0.717) is 0 Å². The average molecular weight is 122 g/mol. The summed E-state index contributed by atoms with van der Waals surface area (Å²) in [7, 11) is -0.0340. The Bertz CT molecular complexity index is 92.3. The summed E-state index contributed by atoms with van der Waals surface area (Å²) < 4.78 is 0. The highest BCUT2D eigenvalue weighted by atomic mass is 32.2. The quantitative estimate of drug-likeness (QED) is 0.335. The lowest BCUT2D eigenvalue weighted by Gasteiger charge is -1.93. The van der Waals surface area contributed by atoms with Crippen molar-refractivity contribution in [2.24, 2.45) is 5.14 Å². The second-order valence-electron chi connectivity index (χ2n) is 0.880. The molecule has 0 rings (SSSR count). The van der Waals surface area contributed by atoms with Crippen LogP contribution in [0.4, 0.5) is 0 Å². The van der Waals surface area contributed by atoms with Gasteiger partial charge in [-0.05, 0) is 0 Å². The SMILES string of the molecule is CC=[S-](N)=CC.O. The van der Waals surface area contributed by atoms with Crippen LogP contribution in [0.15, 0.2) is 0 Å². The third-order valence-corrected chi connectivity index (χ3v) is 1.63. The normalized spacial score (nSPS) is 13.6. The van der Waals surface area contributed by atoms with Crippen LogP contribution in [0.25, 0.3) is 0 Å². The molecule has 0 bridgehead atoms. The van der Waals surface area contributed by atoms with Gasteiger partial charge in [-0.25, -0.2) is 10.7 Å². The van der Waals surface area contributed by atoms with Gasteiger partial charge in [-0.2, -0.15) is 0 Å². The molecule has 0 aromatic heterocycles. The molecule has 3 heteroatoms. The van der Waals surface area contributed by atoms with E-state index >= 15 is 0 Å². The lowest BCUT2D eigenvalue weighted by Crippen LogP contribution is -1.94. The molecule has 0 heterocycles. The molecule has 0 fully saturated rings. The molecule has 0 saturated carbocycles. The minimum atomic E-state index is -0.0340. The predicted octanol–water partition coefficient (Wildman–Crippen LogP) is -0.702. The Morgan fingerprint density at radius 1 is 1.29 bits per heavy atom. The van der Waals surface area contributed by atoms with Gasteiger partial charge < -0.3 is 20.9 Å². The number of nitrogens with two attached hydrogens (primary N) is 1. The van der Waals surface area contributed by atoms with Gasteiger partial charge in [0, 0.05) is 0 Å². The van der Waals surface area contributed by atoms with Crippen LogP contribution in [0, 0.1) is 0 Å². The van der Waals surface area contributed by atoms with Crippen molar-refractivity contribution >= 4 is 21.0 Å². The van der Waals surface area contributed by atoms with Crippen molar-refractivity contribution in [3.8, 4) is 0 Å². The molecule has 0 atom stereocenters. The van der Waals surface area contributed by atoms with Crippen LogP contribution in [-0.2, 0) is 10.3 Å². The summed E-state index contributed by atoms with van der Waals surface area (Å²) in [5, 5.41) is 9.33. The molecule has 0 saturated heterocycles. The summed E-state index contributed by atoms with van der Waals surface area (Å²) in [5.74, 6) is 0. The number of rotatable bonds is 0. The van der Waals surface area contributed by atoms with Crippen molar-refractivity contribution in [3.05, 3.63) is 0 Å². The zero-order chi connectivity index (χ0) is 4.99. The van der Waals surface area contributed by atoms with Gasteiger partial charge in [-0.3, -0.25) is 0 Å². The van der Waals surface area contributed by atoms with E-state index in [1.54, 1.807) is 0 Å². The van der Waals surface area contributed by atoms with Gasteiger partial charge >= 0.3 is 0 Å². The van der Waals surface area contributed by atoms with E-state index in [-0.39, 0.29) is 15.7 Å². The average Bonchev–Trinajstić information content (AvgIpc) is 1.65. The Labute approximate surface area is 46.3 Å². The van der Waals surface area contributed by atoms with E-state index in [1.807, 2.05) is 24.6 Å². The molecule has 0 aliphatic carbocycles. The summed E-state index contributed by atoms with van der Waals surface area (Å²) in [4.78, 5) is 0. The molecule has 0 aliphatic rings. The van der Waals surface area contributed by atoms with E-state index in [2.05, 4.69) is 0 Å². The Morgan fingerprint density at radius 3 is 1.57 bits per heavy atom. The molecule has 0 aromatic rings. The fourth-order valence-corrected chi connectivity index (χ4v) is 0.408. The number of hydrogen-bond acceptors (Lipinski definition) is 2. The number of hydrogen-bond donors (Lipinski definition) is 1. The fraction of sp³-hybridized carbons (Fsp3) is 0.500. The van der Waals surface area contributed by atoms with Gasteiger partial charge in [0.25, 0.3) is 0 Å². The minimum absolute atomic E-state index is 0. The van der Waals surface area contributed by atoms with Gasteiger partial charge in [0.15, 0.2) is 0 Å². The van der Waals surface area contributed by atoms with Crippen molar-refractivity contribution in [2.75, 3.05) is 0 Å². The second-order valence-corrected chi connectivity index (χ2v) is 2.64. The predicted molar refractivity (Wildman–Crippen MR) is 38.6 cm³/mol. The molecule has 0 radical (unpaired) electrons. The van der Waals surface area contributed by atoms with Gasteiger partial charge in [0.2, 0.25) is 0 Å². The summed E-state index contributed by atoms with van der Waals surface area (Å²) in [5.41, 5.74) is 0. The maximum atomic E-state index is 5.39. The lowest BCUT2D eigenvalue weighted by molar-refractivity contribution is 0.824. The summed E-state index contributed by atoms with van der Waals surface area (Å²) >= 11 is 0. The highest BCUT2D eigenvalue weighted by molar-refractivity contribution is 7.91. The Hall–Kier alpha value is 0.01000. The standard InChI is InChI=1S/C4H10NS.H2O/c1-3-6(5)4-2;/h3-4H,5H2,1-2H3;1H2/q-1;. The molecule has 46 valence electrons. The molecule has 7 heavy (non-hydrogen) atoms. The Kier molecular flexibility index (Phi) is 8.66. The lowest BCUT2D eigenvalue weighted by atomic mass is 11.0. The van der Waals surface area contributed by atoms with Crippen molar-refractivity contribution in [3.63, 3.8) is 0 Å². The van der Waals surface area contributed by atoms with Crippen LogP contribution in [0.1, 0.15) is 13.8 Å². The molecule has 2 nitrogen and oxygen atoms in total. The van der Waals surface area contributed by atoms with Crippen LogP contribution < -0.4 is 5.14 Å². The third kappa shape index (κ3) is 6.01. The first-order valence-electron chi connectivity index (χ1n) is 1.86. The zero-order valence-electron chi connectivity index (χ0n) is 4.64. The Balaban J connectivity index is 0. The van der Waals surface area contributed by atoms with Gasteiger partial charge in [0.1, 0.15) is 0 Å². The molecule has 4 N–H and O–H groups in total. The van der Waals surface area contributed by atoms with E-state index in [0.717, 1.165) is 0 Å². The van der Waals surface area contributed by atoms with Crippen LogP contribution in [0.2, 0.25) is 0 Å². The maximum Gasteiger partial charge on any atom is -0.0700 e. The maximum absolute atomic E-state index is 5.39. The van der Waals surface area contributed by atoms with Crippen molar-refractivity contribution in [1.82, 2.24) is 0 Å². The van der Waals surface area contributed by atoms with E-state index < -0.39 is 0 Å². The van der Waals surface area contributed by atoms with Gasteiger partial charge in [-0.15, -0.1) is 0 Å². The molecule has 0 aliphatic heterocycles. The molecule has 0 aromatic carbocycles. The Morgan fingerprint density at radius 2 is 1.57 bits per heavy atom. The molecule has 0 unspecified atom stereocenters. The first kappa shape index (κ1) is 10.1. The first-order chi connectivity index (χ1) is 2.81. The smallest absolute Gasteiger partial charge is 0.0700 e. The summed E-state index contributed by atoms with van der Waals surface area (Å²) in [6.07, 6.45) is 0. The van der Waals surface area contributed by atoms with E-state index in [1.165, 1.54) is 0 Å². The summed E-state index contributed by atoms with van der Waals surface area (Å²) in [6, 6.07) is 0. The molecular weight excluding hydrogens is 110 g/mol.